The molecule has 0 aromatic heterocycles. The predicted octanol–water partition coefficient (Wildman–Crippen LogP) is 1.55. The van der Waals surface area contributed by atoms with E-state index in [4.69, 9.17) is 9.47 Å². The van der Waals surface area contributed by atoms with Gasteiger partial charge in [0.15, 0.2) is 6.61 Å². The molecule has 1 fully saturated rings. The van der Waals surface area contributed by atoms with Crippen molar-refractivity contribution in [2.45, 2.75) is 44.0 Å². The quantitative estimate of drug-likeness (QED) is 0.667. The molecule has 1 aliphatic rings. The van der Waals surface area contributed by atoms with Crippen molar-refractivity contribution in [3.8, 4) is 5.75 Å². The zero-order valence-electron chi connectivity index (χ0n) is 15.9. The van der Waals surface area contributed by atoms with Gasteiger partial charge in [-0.15, -0.1) is 0 Å². The van der Waals surface area contributed by atoms with Crippen molar-refractivity contribution in [1.82, 2.24) is 9.62 Å². The number of hydrogen-bond donors (Lipinski definition) is 1. The van der Waals surface area contributed by atoms with Crippen LogP contribution >= 0.6 is 0 Å². The van der Waals surface area contributed by atoms with Crippen molar-refractivity contribution >= 4 is 21.9 Å². The van der Waals surface area contributed by atoms with Gasteiger partial charge in [0.05, 0.1) is 12.7 Å². The summed E-state index contributed by atoms with van der Waals surface area (Å²) in [7, 11) is -2.40. The average Bonchev–Trinajstić information content (AvgIpc) is 3.21. The molecule has 1 N–H and O–H groups in total. The molecule has 1 aliphatic heterocycles. The van der Waals surface area contributed by atoms with Gasteiger partial charge in [-0.1, -0.05) is 6.92 Å². The maximum Gasteiger partial charge on any atom is 0.338 e. The Labute approximate surface area is 159 Å². The summed E-state index contributed by atoms with van der Waals surface area (Å²) in [6, 6.07) is 4.05. The zero-order chi connectivity index (χ0) is 20.0. The second-order valence-electron chi connectivity index (χ2n) is 6.43. The van der Waals surface area contributed by atoms with Crippen LogP contribution in [0.2, 0.25) is 0 Å². The van der Waals surface area contributed by atoms with Crippen LogP contribution in [0.3, 0.4) is 0 Å². The van der Waals surface area contributed by atoms with E-state index in [0.29, 0.717) is 13.1 Å². The standard InChI is InChI=1S/C18H26N2O6S/c1-4-13(2)19-17(21)12-26-18(22)14-7-8-15(25-3)16(11-14)27(23,24)20-9-5-6-10-20/h7-8,11,13H,4-6,9-10,12H2,1-3H3,(H,19,21). The third-order valence-corrected chi connectivity index (χ3v) is 6.36. The molecular weight excluding hydrogens is 372 g/mol. The number of methoxy groups -OCH3 is 1. The van der Waals surface area contributed by atoms with Gasteiger partial charge in [0.1, 0.15) is 10.6 Å². The van der Waals surface area contributed by atoms with Crippen LogP contribution in [-0.2, 0) is 19.6 Å². The Morgan fingerprint density at radius 1 is 1.26 bits per heavy atom. The highest BCUT2D eigenvalue weighted by Crippen LogP contribution is 2.30. The highest BCUT2D eigenvalue weighted by Gasteiger charge is 2.30. The van der Waals surface area contributed by atoms with Crippen molar-refractivity contribution in [2.24, 2.45) is 0 Å². The van der Waals surface area contributed by atoms with Crippen LogP contribution in [0.15, 0.2) is 23.1 Å². The van der Waals surface area contributed by atoms with Crippen molar-refractivity contribution in [3.63, 3.8) is 0 Å². The third kappa shape index (κ3) is 5.20. The smallest absolute Gasteiger partial charge is 0.338 e. The number of nitrogens with one attached hydrogen (secondary N) is 1. The van der Waals surface area contributed by atoms with Crippen molar-refractivity contribution in [1.29, 1.82) is 0 Å². The fourth-order valence-corrected chi connectivity index (χ4v) is 4.40. The largest absolute Gasteiger partial charge is 0.495 e. The molecular formula is C18H26N2O6S. The summed E-state index contributed by atoms with van der Waals surface area (Å²) < 4.78 is 37.2. The molecule has 8 nitrogen and oxygen atoms in total. The van der Waals surface area contributed by atoms with E-state index in [0.717, 1.165) is 19.3 Å². The number of carbonyl (C=O) groups excluding carboxylic acids is 2. The van der Waals surface area contributed by atoms with Gasteiger partial charge in [-0.05, 0) is 44.4 Å². The molecule has 150 valence electrons. The number of hydrogen-bond acceptors (Lipinski definition) is 6. The van der Waals surface area contributed by atoms with E-state index < -0.39 is 28.5 Å². The van der Waals surface area contributed by atoms with Crippen LogP contribution in [0.1, 0.15) is 43.5 Å². The summed E-state index contributed by atoms with van der Waals surface area (Å²) in [5, 5.41) is 2.69. The summed E-state index contributed by atoms with van der Waals surface area (Å²) in [5.74, 6) is -1.01. The summed E-state index contributed by atoms with van der Waals surface area (Å²) in [6.45, 7) is 4.23. The normalized spacial score (nSPS) is 16.0. The van der Waals surface area contributed by atoms with Crippen LogP contribution in [0.25, 0.3) is 0 Å². The first-order chi connectivity index (χ1) is 12.8. The van der Waals surface area contributed by atoms with Gasteiger partial charge in [-0.3, -0.25) is 4.79 Å². The van der Waals surface area contributed by atoms with E-state index in [2.05, 4.69) is 5.32 Å². The number of rotatable bonds is 8. The summed E-state index contributed by atoms with van der Waals surface area (Å²) in [4.78, 5) is 23.9. The number of esters is 1. The minimum atomic E-state index is -3.77. The van der Waals surface area contributed by atoms with Gasteiger partial charge in [-0.25, -0.2) is 13.2 Å². The van der Waals surface area contributed by atoms with Gasteiger partial charge < -0.3 is 14.8 Å². The number of nitrogens with zero attached hydrogens (tertiary/aromatic N) is 1. The molecule has 1 unspecified atom stereocenters. The van der Waals surface area contributed by atoms with Crippen LogP contribution < -0.4 is 10.1 Å². The van der Waals surface area contributed by atoms with Crippen LogP contribution in [0.4, 0.5) is 0 Å². The SMILES string of the molecule is CCC(C)NC(=O)COC(=O)c1ccc(OC)c(S(=O)(=O)N2CCCC2)c1. The molecule has 1 saturated heterocycles. The third-order valence-electron chi connectivity index (χ3n) is 4.44. The van der Waals surface area contributed by atoms with Crippen LogP contribution in [-0.4, -0.2) is 57.4 Å². The highest BCUT2D eigenvalue weighted by atomic mass is 32.2. The van der Waals surface area contributed by atoms with Crippen LogP contribution in [0.5, 0.6) is 5.75 Å². The lowest BCUT2D eigenvalue weighted by Crippen LogP contribution is -2.35. The van der Waals surface area contributed by atoms with Gasteiger partial charge in [0.2, 0.25) is 10.0 Å². The van der Waals surface area contributed by atoms with E-state index in [1.165, 1.54) is 29.6 Å². The molecule has 9 heteroatoms. The maximum atomic E-state index is 12.8. The second-order valence-corrected chi connectivity index (χ2v) is 8.34. The number of carbonyl (C=O) groups is 2. The monoisotopic (exact) mass is 398 g/mol. The molecule has 0 radical (unpaired) electrons. The molecule has 1 atom stereocenters. The first-order valence-electron chi connectivity index (χ1n) is 8.94. The summed E-state index contributed by atoms with van der Waals surface area (Å²) in [6.07, 6.45) is 2.36. The molecule has 0 spiro atoms. The Hall–Kier alpha value is -2.13. The Bertz CT molecular complexity index is 787. The highest BCUT2D eigenvalue weighted by molar-refractivity contribution is 7.89. The molecule has 1 amide bonds. The van der Waals surface area contributed by atoms with E-state index in [9.17, 15) is 18.0 Å². The molecule has 0 saturated carbocycles. The van der Waals surface area contributed by atoms with Crippen molar-refractivity contribution in [2.75, 3.05) is 26.8 Å². The molecule has 1 aromatic carbocycles. The van der Waals surface area contributed by atoms with Crippen LogP contribution in [0, 0.1) is 0 Å². The van der Waals surface area contributed by atoms with E-state index >= 15 is 0 Å². The molecule has 0 aliphatic carbocycles. The first kappa shape index (κ1) is 21.2. The fourth-order valence-electron chi connectivity index (χ4n) is 2.71. The molecule has 27 heavy (non-hydrogen) atoms. The topological polar surface area (TPSA) is 102 Å². The first-order valence-corrected chi connectivity index (χ1v) is 10.4. The lowest BCUT2D eigenvalue weighted by molar-refractivity contribution is -0.124. The number of ether oxygens (including phenoxy) is 2. The minimum absolute atomic E-state index is 0.0191. The Morgan fingerprint density at radius 2 is 1.93 bits per heavy atom. The predicted molar refractivity (Wildman–Crippen MR) is 99.2 cm³/mol. The van der Waals surface area contributed by atoms with Gasteiger partial charge in [0.25, 0.3) is 5.91 Å². The van der Waals surface area contributed by atoms with E-state index in [-0.39, 0.29) is 22.3 Å². The lowest BCUT2D eigenvalue weighted by Gasteiger charge is -2.18. The molecule has 1 aromatic rings. The Kier molecular flexibility index (Phi) is 7.20. The Balaban J connectivity index is 2.16. The lowest BCUT2D eigenvalue weighted by atomic mass is 10.2. The van der Waals surface area contributed by atoms with Gasteiger partial charge in [-0.2, -0.15) is 4.31 Å². The second kappa shape index (κ2) is 9.18. The molecule has 0 bridgehead atoms. The van der Waals surface area contributed by atoms with Gasteiger partial charge >= 0.3 is 5.97 Å². The molecule has 1 heterocycles. The number of amides is 1. The maximum absolute atomic E-state index is 12.8. The molecule has 2 rings (SSSR count). The minimum Gasteiger partial charge on any atom is -0.495 e. The fraction of sp³-hybridized carbons (Fsp3) is 0.556. The number of benzene rings is 1. The Morgan fingerprint density at radius 3 is 2.52 bits per heavy atom. The average molecular weight is 398 g/mol. The van der Waals surface area contributed by atoms with E-state index in [1.807, 2.05) is 13.8 Å². The van der Waals surface area contributed by atoms with Gasteiger partial charge in [0, 0.05) is 19.1 Å². The van der Waals surface area contributed by atoms with Crippen molar-refractivity contribution in [3.05, 3.63) is 23.8 Å². The zero-order valence-corrected chi connectivity index (χ0v) is 16.7. The van der Waals surface area contributed by atoms with E-state index in [1.54, 1.807) is 0 Å². The summed E-state index contributed by atoms with van der Waals surface area (Å²) in [5.41, 5.74) is 0.0462. The number of sulfonamides is 1. The van der Waals surface area contributed by atoms with Crippen molar-refractivity contribution < 1.29 is 27.5 Å². The summed E-state index contributed by atoms with van der Waals surface area (Å²) >= 11 is 0.